The topological polar surface area (TPSA) is 23.6 Å². The van der Waals surface area contributed by atoms with E-state index in [0.717, 1.165) is 32.1 Å². The van der Waals surface area contributed by atoms with Crippen molar-refractivity contribution in [2.24, 2.45) is 5.92 Å². The fourth-order valence-electron chi connectivity index (χ4n) is 3.14. The maximum absolute atomic E-state index is 11.6. The molecule has 98 valence electrons. The van der Waals surface area contributed by atoms with Gasteiger partial charge >= 0.3 is 0 Å². The number of carbonyl (C=O) groups is 1. The van der Waals surface area contributed by atoms with Crippen LogP contribution in [0.2, 0.25) is 0 Å². The molecule has 1 saturated heterocycles. The van der Waals surface area contributed by atoms with Crippen LogP contribution in [0.3, 0.4) is 0 Å². The highest BCUT2D eigenvalue weighted by atomic mass is 16.2. The van der Waals surface area contributed by atoms with Gasteiger partial charge in [-0.25, -0.2) is 0 Å². The molecule has 1 aliphatic heterocycles. The molecule has 0 radical (unpaired) electrons. The normalized spacial score (nSPS) is 23.9. The second kappa shape index (κ2) is 6.39. The zero-order valence-electron chi connectivity index (χ0n) is 11.2. The summed E-state index contributed by atoms with van der Waals surface area (Å²) in [5, 5.41) is 0. The highest BCUT2D eigenvalue weighted by Crippen LogP contribution is 2.24. The fourth-order valence-corrected chi connectivity index (χ4v) is 3.14. The average Bonchev–Trinajstić information content (AvgIpc) is 2.40. The highest BCUT2D eigenvalue weighted by Gasteiger charge is 2.22. The maximum Gasteiger partial charge on any atom is 0.222 e. The van der Waals surface area contributed by atoms with Crippen molar-refractivity contribution in [1.29, 1.82) is 0 Å². The van der Waals surface area contributed by atoms with Crippen LogP contribution in [0, 0.1) is 5.92 Å². The Morgan fingerprint density at radius 3 is 2.29 bits per heavy atom. The van der Waals surface area contributed by atoms with Gasteiger partial charge < -0.3 is 4.90 Å². The number of carbonyl (C=O) groups excluding carboxylic acids is 1. The van der Waals surface area contributed by atoms with Gasteiger partial charge in [-0.3, -0.25) is 9.69 Å². The number of piperazine rings is 1. The second-order valence-electron chi connectivity index (χ2n) is 5.54. The van der Waals surface area contributed by atoms with Gasteiger partial charge in [0.05, 0.1) is 0 Å². The second-order valence-corrected chi connectivity index (χ2v) is 5.54. The minimum Gasteiger partial charge on any atom is -0.340 e. The smallest absolute Gasteiger partial charge is 0.222 e. The van der Waals surface area contributed by atoms with Crippen LogP contribution in [-0.2, 0) is 4.79 Å². The van der Waals surface area contributed by atoms with Gasteiger partial charge in [0.15, 0.2) is 0 Å². The summed E-state index contributed by atoms with van der Waals surface area (Å²) in [6, 6.07) is 0. The Balaban J connectivity index is 1.69. The van der Waals surface area contributed by atoms with Gasteiger partial charge in [0.2, 0.25) is 5.91 Å². The summed E-state index contributed by atoms with van der Waals surface area (Å²) in [6.07, 6.45) is 7.80. The molecule has 3 nitrogen and oxygen atoms in total. The number of rotatable bonds is 3. The molecule has 0 aromatic heterocycles. The molecular formula is C14H26N2O. The third-order valence-electron chi connectivity index (χ3n) is 4.27. The Kier molecular flexibility index (Phi) is 4.84. The van der Waals surface area contributed by atoms with Crippen molar-refractivity contribution in [2.75, 3.05) is 32.7 Å². The summed E-state index contributed by atoms with van der Waals surface area (Å²) in [5.41, 5.74) is 0. The lowest BCUT2D eigenvalue weighted by Crippen LogP contribution is -2.49. The van der Waals surface area contributed by atoms with Crippen LogP contribution in [0.4, 0.5) is 0 Å². The van der Waals surface area contributed by atoms with Gasteiger partial charge in [-0.2, -0.15) is 0 Å². The number of hydrogen-bond acceptors (Lipinski definition) is 2. The van der Waals surface area contributed by atoms with Crippen molar-refractivity contribution in [1.82, 2.24) is 9.80 Å². The highest BCUT2D eigenvalue weighted by molar-refractivity contribution is 5.75. The lowest BCUT2D eigenvalue weighted by molar-refractivity contribution is -0.132. The minimum absolute atomic E-state index is 0.322. The molecule has 0 atom stereocenters. The Morgan fingerprint density at radius 1 is 1.06 bits per heavy atom. The van der Waals surface area contributed by atoms with E-state index >= 15 is 0 Å². The molecule has 0 unspecified atom stereocenters. The molecule has 2 aliphatic rings. The largest absolute Gasteiger partial charge is 0.340 e. The summed E-state index contributed by atoms with van der Waals surface area (Å²) < 4.78 is 0. The molecule has 1 aliphatic carbocycles. The molecule has 2 rings (SSSR count). The van der Waals surface area contributed by atoms with Crippen molar-refractivity contribution in [3.05, 3.63) is 0 Å². The first-order valence-electron chi connectivity index (χ1n) is 7.29. The van der Waals surface area contributed by atoms with Gasteiger partial charge in [-0.15, -0.1) is 0 Å². The van der Waals surface area contributed by atoms with Crippen LogP contribution < -0.4 is 0 Å². The first-order valence-corrected chi connectivity index (χ1v) is 7.29. The molecule has 1 saturated carbocycles. The van der Waals surface area contributed by atoms with E-state index in [-0.39, 0.29) is 0 Å². The molecule has 0 aromatic carbocycles. The molecule has 1 amide bonds. The summed E-state index contributed by atoms with van der Waals surface area (Å²) >= 11 is 0. The summed E-state index contributed by atoms with van der Waals surface area (Å²) in [6.45, 7) is 7.29. The van der Waals surface area contributed by atoms with Crippen LogP contribution in [-0.4, -0.2) is 48.4 Å². The first kappa shape index (κ1) is 12.9. The number of nitrogens with zero attached hydrogens (tertiary/aromatic N) is 2. The molecule has 0 N–H and O–H groups in total. The number of hydrogen-bond donors (Lipinski definition) is 0. The molecule has 17 heavy (non-hydrogen) atoms. The van der Waals surface area contributed by atoms with E-state index in [0.29, 0.717) is 12.3 Å². The van der Waals surface area contributed by atoms with Gasteiger partial charge in [0.25, 0.3) is 0 Å². The quantitative estimate of drug-likeness (QED) is 0.752. The molecule has 0 spiro atoms. The van der Waals surface area contributed by atoms with Crippen LogP contribution in [0.25, 0.3) is 0 Å². The van der Waals surface area contributed by atoms with Gasteiger partial charge in [0.1, 0.15) is 0 Å². The van der Waals surface area contributed by atoms with Gasteiger partial charge in [-0.05, 0) is 18.8 Å². The van der Waals surface area contributed by atoms with E-state index in [9.17, 15) is 4.79 Å². The maximum atomic E-state index is 11.6. The predicted octanol–water partition coefficient (Wildman–Crippen LogP) is 2.12. The van der Waals surface area contributed by atoms with Crippen molar-refractivity contribution in [3.63, 3.8) is 0 Å². The zero-order valence-corrected chi connectivity index (χ0v) is 11.2. The van der Waals surface area contributed by atoms with Gasteiger partial charge in [-0.1, -0.05) is 26.2 Å². The van der Waals surface area contributed by atoms with Crippen molar-refractivity contribution in [2.45, 2.75) is 45.4 Å². The third kappa shape index (κ3) is 3.70. The zero-order chi connectivity index (χ0) is 12.1. The third-order valence-corrected chi connectivity index (χ3v) is 4.27. The van der Waals surface area contributed by atoms with E-state index in [1.165, 1.54) is 38.6 Å². The predicted molar refractivity (Wildman–Crippen MR) is 69.9 cm³/mol. The summed E-state index contributed by atoms with van der Waals surface area (Å²) in [4.78, 5) is 16.2. The molecule has 0 aromatic rings. The first-order chi connectivity index (χ1) is 8.29. The van der Waals surface area contributed by atoms with E-state index in [2.05, 4.69) is 4.90 Å². The SMILES string of the molecule is CCC(=O)N1CCN(CC2CCCCC2)CC1. The van der Waals surface area contributed by atoms with Crippen molar-refractivity contribution in [3.8, 4) is 0 Å². The van der Waals surface area contributed by atoms with Crippen molar-refractivity contribution >= 4 is 5.91 Å². The Labute approximate surface area is 105 Å². The molecular weight excluding hydrogens is 212 g/mol. The van der Waals surface area contributed by atoms with Crippen LogP contribution in [0.5, 0.6) is 0 Å². The van der Waals surface area contributed by atoms with Crippen LogP contribution >= 0.6 is 0 Å². The lowest BCUT2D eigenvalue weighted by Gasteiger charge is -2.37. The van der Waals surface area contributed by atoms with E-state index in [1.807, 2.05) is 11.8 Å². The van der Waals surface area contributed by atoms with Crippen molar-refractivity contribution < 1.29 is 4.79 Å². The summed E-state index contributed by atoms with van der Waals surface area (Å²) in [5.74, 6) is 1.25. The molecule has 2 fully saturated rings. The van der Waals surface area contributed by atoms with E-state index < -0.39 is 0 Å². The minimum atomic E-state index is 0.322. The van der Waals surface area contributed by atoms with E-state index in [4.69, 9.17) is 0 Å². The van der Waals surface area contributed by atoms with Gasteiger partial charge in [0, 0.05) is 39.1 Å². The number of amides is 1. The Bertz CT molecular complexity index is 241. The molecule has 0 bridgehead atoms. The average molecular weight is 238 g/mol. The lowest BCUT2D eigenvalue weighted by atomic mass is 9.89. The Hall–Kier alpha value is -0.570. The molecule has 1 heterocycles. The standard InChI is InChI=1S/C14H26N2O/c1-2-14(17)16-10-8-15(9-11-16)12-13-6-4-3-5-7-13/h13H,2-12H2,1H3. The molecule has 3 heteroatoms. The summed E-state index contributed by atoms with van der Waals surface area (Å²) in [7, 11) is 0. The van der Waals surface area contributed by atoms with Crippen LogP contribution in [0.1, 0.15) is 45.4 Å². The Morgan fingerprint density at radius 2 is 1.71 bits per heavy atom. The van der Waals surface area contributed by atoms with Crippen LogP contribution in [0.15, 0.2) is 0 Å². The monoisotopic (exact) mass is 238 g/mol. The fraction of sp³-hybridized carbons (Fsp3) is 0.929. The van der Waals surface area contributed by atoms with E-state index in [1.54, 1.807) is 0 Å².